The quantitative estimate of drug-likeness (QED) is 0.149. The lowest BCUT2D eigenvalue weighted by Gasteiger charge is -2.40. The fourth-order valence-corrected chi connectivity index (χ4v) is 3.28. The predicted molar refractivity (Wildman–Crippen MR) is 130 cm³/mol. The van der Waals surface area contributed by atoms with Crippen LogP contribution < -0.4 is 9.75 Å². The van der Waals surface area contributed by atoms with E-state index in [1.165, 1.54) is 12.1 Å². The van der Waals surface area contributed by atoms with E-state index >= 15 is 0 Å². The highest BCUT2D eigenvalue weighted by atomic mass is 16.6. The van der Waals surface area contributed by atoms with Crippen molar-refractivity contribution in [1.29, 1.82) is 0 Å². The summed E-state index contributed by atoms with van der Waals surface area (Å²) >= 11 is 0. The Balaban J connectivity index is 1.63. The number of ether oxygens (including phenoxy) is 1. The molecule has 0 bridgehead atoms. The molecule has 10 heteroatoms. The molecule has 0 atom stereocenters. The van der Waals surface area contributed by atoms with Crippen molar-refractivity contribution in [2.45, 2.75) is 0 Å². The second-order valence-corrected chi connectivity index (χ2v) is 7.20. The molecule has 0 radical (unpaired) electrons. The van der Waals surface area contributed by atoms with Crippen molar-refractivity contribution in [2.24, 2.45) is 0 Å². The largest absolute Gasteiger partial charge is 0.590 e. The molecular formula is C25H17N4O6-. The van der Waals surface area contributed by atoms with Gasteiger partial charge in [-0.25, -0.2) is 0 Å². The number of hydrogen-bond acceptors (Lipinski definition) is 7. The first-order valence-electron chi connectivity index (χ1n) is 10.3. The molecule has 35 heavy (non-hydrogen) atoms. The molecule has 0 saturated carbocycles. The number of anilines is 2. The average molecular weight is 469 g/mol. The summed E-state index contributed by atoms with van der Waals surface area (Å²) in [6.45, 7) is 0. The molecular weight excluding hydrogens is 452 g/mol. The summed E-state index contributed by atoms with van der Waals surface area (Å²) in [5.41, 5.74) is 5.32. The van der Waals surface area contributed by atoms with Crippen molar-refractivity contribution in [3.05, 3.63) is 128 Å². The Morgan fingerprint density at radius 3 is 1.66 bits per heavy atom. The van der Waals surface area contributed by atoms with Gasteiger partial charge in [-0.2, -0.15) is 0 Å². The van der Waals surface area contributed by atoms with Crippen LogP contribution in [0.5, 0.6) is 11.5 Å². The number of benzene rings is 4. The summed E-state index contributed by atoms with van der Waals surface area (Å²) in [6.07, 6.45) is 0.297. The summed E-state index contributed by atoms with van der Waals surface area (Å²) in [7, 11) is 0. The van der Waals surface area contributed by atoms with Crippen molar-refractivity contribution < 1.29 is 19.4 Å². The molecule has 0 unspecified atom stereocenters. The van der Waals surface area contributed by atoms with Crippen LogP contribution in [-0.4, -0.2) is 16.1 Å². The Morgan fingerprint density at radius 2 is 1.23 bits per heavy atom. The number of hydrogen-bond donors (Lipinski definition) is 0. The highest BCUT2D eigenvalue weighted by molar-refractivity contribution is 5.81. The zero-order chi connectivity index (χ0) is 24.8. The van der Waals surface area contributed by atoms with Gasteiger partial charge in [-0.15, -0.1) is 5.69 Å². The Labute approximate surface area is 199 Å². The summed E-state index contributed by atoms with van der Waals surface area (Å²) in [5.74, 6) is -0.439. The van der Waals surface area contributed by atoms with Crippen molar-refractivity contribution >= 4 is 34.7 Å². The normalized spacial score (nSPS) is 10.3. The minimum absolute atomic E-state index is 0.125. The van der Waals surface area contributed by atoms with E-state index in [1.54, 1.807) is 17.1 Å². The molecule has 0 aliphatic rings. The Hall–Kier alpha value is -5.25. The molecule has 0 amide bonds. The molecule has 0 saturated heterocycles. The molecule has 174 valence electrons. The van der Waals surface area contributed by atoms with E-state index in [4.69, 9.17) is 4.74 Å². The number of nitro groups is 2. The predicted octanol–water partition coefficient (Wildman–Crippen LogP) is 6.87. The Bertz CT molecular complexity index is 1290. The molecule has 0 heterocycles. The molecule has 0 N–H and O–H groups in total. The maximum Gasteiger partial charge on any atom is 0.319 e. The molecule has 0 fully saturated rings. The Morgan fingerprint density at radius 1 is 0.743 bits per heavy atom. The van der Waals surface area contributed by atoms with Crippen LogP contribution in [0.25, 0.3) is 5.43 Å². The maximum atomic E-state index is 11.5. The number of rotatable bonds is 9. The number of nitrogens with zero attached hydrogens (tertiary/aromatic N) is 4. The first kappa shape index (κ1) is 22.9. The van der Waals surface area contributed by atoms with Gasteiger partial charge in [-0.1, -0.05) is 48.5 Å². The van der Waals surface area contributed by atoms with E-state index in [1.807, 2.05) is 60.7 Å². The van der Waals surface area contributed by atoms with Crippen LogP contribution in [0.1, 0.15) is 10.4 Å². The number of carbonyl (C=O) groups excluding carboxylic acids is 1. The molecule has 10 nitrogen and oxygen atoms in total. The van der Waals surface area contributed by atoms with E-state index in [-0.39, 0.29) is 11.3 Å². The smallest absolute Gasteiger partial charge is 0.319 e. The van der Waals surface area contributed by atoms with Gasteiger partial charge in [-0.3, -0.25) is 25.0 Å². The van der Waals surface area contributed by atoms with Crippen LogP contribution in [0, 0.1) is 20.2 Å². The third-order valence-corrected chi connectivity index (χ3v) is 4.88. The zero-order valence-corrected chi connectivity index (χ0v) is 18.1. The maximum absolute atomic E-state index is 11.5. The van der Waals surface area contributed by atoms with Gasteiger partial charge in [0.25, 0.3) is 5.75 Å². The fraction of sp³-hybridized carbons (Fsp3) is 0. The van der Waals surface area contributed by atoms with E-state index < -0.39 is 27.0 Å². The number of carbonyl (C=O) groups is 1. The van der Waals surface area contributed by atoms with Crippen molar-refractivity contribution in [3.8, 4) is 11.5 Å². The van der Waals surface area contributed by atoms with E-state index in [0.717, 1.165) is 23.5 Å². The number of nitro benzene ring substituents is 2. The third-order valence-electron chi connectivity index (χ3n) is 4.88. The molecule has 4 rings (SSSR count). The van der Waals surface area contributed by atoms with Gasteiger partial charge >= 0.3 is 11.4 Å². The van der Waals surface area contributed by atoms with Gasteiger partial charge in [0.1, 0.15) is 5.75 Å². The standard InChI is InChI=1S/C25H17N4O6/c30-17-18-15-23(28(31)32)25(24(16-18)29(33)34)35-22-13-11-19(12-14-22)26-27(20-7-3-1-4-8-20)21-9-5-2-6-10-21/h1-17H/q-1. The second-order valence-electron chi connectivity index (χ2n) is 7.20. The molecule has 4 aromatic carbocycles. The molecule has 4 aromatic rings. The molecule has 0 aromatic heterocycles. The fourth-order valence-electron chi connectivity index (χ4n) is 3.28. The Kier molecular flexibility index (Phi) is 6.64. The van der Waals surface area contributed by atoms with Crippen LogP contribution in [-0.2, 0) is 0 Å². The van der Waals surface area contributed by atoms with Gasteiger partial charge in [-0.05, 0) is 36.4 Å². The van der Waals surface area contributed by atoms with E-state index in [2.05, 4.69) is 5.43 Å². The van der Waals surface area contributed by atoms with Gasteiger partial charge in [0.2, 0.25) is 0 Å². The van der Waals surface area contributed by atoms with Crippen LogP contribution in [0.4, 0.5) is 28.4 Å². The zero-order valence-electron chi connectivity index (χ0n) is 18.1. The van der Waals surface area contributed by atoms with Crippen molar-refractivity contribution in [2.75, 3.05) is 5.01 Å². The first-order valence-corrected chi connectivity index (χ1v) is 10.3. The monoisotopic (exact) mass is 469 g/mol. The lowest BCUT2D eigenvalue weighted by atomic mass is 10.1. The summed E-state index contributed by atoms with van der Waals surface area (Å²) in [5, 5.41) is 24.7. The third kappa shape index (κ3) is 5.22. The van der Waals surface area contributed by atoms with Crippen molar-refractivity contribution in [3.63, 3.8) is 0 Å². The lowest BCUT2D eigenvalue weighted by molar-refractivity contribution is -0.395. The SMILES string of the molecule is O=Cc1cc([N+](=O)[O-])c(Oc2ccc([N-]N(c3ccccc3)c3ccccc3)cc2)c([N+](=O)[O-])c1. The highest BCUT2D eigenvalue weighted by Crippen LogP contribution is 2.41. The van der Waals surface area contributed by atoms with Gasteiger partial charge < -0.3 is 15.2 Å². The average Bonchev–Trinajstić information content (AvgIpc) is 2.89. The number of aldehydes is 1. The lowest BCUT2D eigenvalue weighted by Crippen LogP contribution is -2.09. The highest BCUT2D eigenvalue weighted by Gasteiger charge is 2.29. The van der Waals surface area contributed by atoms with Gasteiger partial charge in [0.15, 0.2) is 6.29 Å². The van der Waals surface area contributed by atoms with Gasteiger partial charge in [0.05, 0.1) is 9.85 Å². The van der Waals surface area contributed by atoms with Crippen LogP contribution in [0.3, 0.4) is 0 Å². The van der Waals surface area contributed by atoms with E-state index in [9.17, 15) is 25.0 Å². The first-order chi connectivity index (χ1) is 17.0. The summed E-state index contributed by atoms with van der Waals surface area (Å²) < 4.78 is 5.54. The van der Waals surface area contributed by atoms with Gasteiger partial charge in [0, 0.05) is 29.1 Å². The number of para-hydroxylation sites is 2. The minimum Gasteiger partial charge on any atom is -0.590 e. The molecule has 0 aliphatic heterocycles. The topological polar surface area (TPSA) is 130 Å². The van der Waals surface area contributed by atoms with Crippen molar-refractivity contribution in [1.82, 2.24) is 0 Å². The summed E-state index contributed by atoms with van der Waals surface area (Å²) in [4.78, 5) is 32.3. The van der Waals surface area contributed by atoms with Crippen LogP contribution in [0.2, 0.25) is 0 Å². The summed E-state index contributed by atoms with van der Waals surface area (Å²) in [6, 6.07) is 27.1. The van der Waals surface area contributed by atoms with Crippen LogP contribution in [0.15, 0.2) is 97.1 Å². The van der Waals surface area contributed by atoms with E-state index in [0.29, 0.717) is 12.0 Å². The second kappa shape index (κ2) is 10.1. The minimum atomic E-state index is -0.837. The molecule has 0 aliphatic carbocycles. The molecule has 0 spiro atoms. The van der Waals surface area contributed by atoms with Crippen LogP contribution >= 0.6 is 0 Å².